The van der Waals surface area contributed by atoms with E-state index in [4.69, 9.17) is 0 Å². The Bertz CT molecular complexity index is 953. The lowest BCUT2D eigenvalue weighted by molar-refractivity contribution is 0.325. The minimum absolute atomic E-state index is 0.0300. The van der Waals surface area contributed by atoms with E-state index in [-0.39, 0.29) is 11.1 Å². The van der Waals surface area contributed by atoms with Gasteiger partial charge in [0.1, 0.15) is 5.39 Å². The van der Waals surface area contributed by atoms with E-state index in [0.717, 1.165) is 24.2 Å². The Morgan fingerprint density at radius 3 is 2.70 bits per heavy atom. The standard InChI is InChI=1S/C17H19N5O/c1-11-6-4-5-7-13(11)22-10-12-14(20-22)18-16(19-15(12)23)21-9-8-17(21,2)3/h4-7,10H,8-9H2,1-3H3,(H,18,19,20,23). The third-order valence-electron chi connectivity index (χ3n) is 4.67. The largest absolute Gasteiger partial charge is 0.337 e. The molecule has 0 bridgehead atoms. The van der Waals surface area contributed by atoms with Crippen molar-refractivity contribution >= 4 is 17.0 Å². The number of nitrogens with zero attached hydrogens (tertiary/aromatic N) is 4. The van der Waals surface area contributed by atoms with E-state index in [1.807, 2.05) is 31.2 Å². The Balaban J connectivity index is 1.85. The highest BCUT2D eigenvalue weighted by molar-refractivity contribution is 5.75. The number of aromatic nitrogens is 4. The SMILES string of the molecule is Cc1ccccc1-n1cc2c(=O)[nH]c(N3CCC3(C)C)nc2n1. The Morgan fingerprint density at radius 2 is 2.04 bits per heavy atom. The number of H-pyrrole nitrogens is 1. The summed E-state index contributed by atoms with van der Waals surface area (Å²) in [5, 5.41) is 5.02. The summed E-state index contributed by atoms with van der Waals surface area (Å²) in [6.45, 7) is 7.21. The highest BCUT2D eigenvalue weighted by atomic mass is 16.1. The first-order valence-corrected chi connectivity index (χ1v) is 7.79. The van der Waals surface area contributed by atoms with Gasteiger partial charge in [0.2, 0.25) is 5.95 Å². The first-order chi connectivity index (χ1) is 11.0. The molecule has 1 saturated heterocycles. The zero-order chi connectivity index (χ0) is 16.2. The molecule has 1 aliphatic heterocycles. The van der Waals surface area contributed by atoms with E-state index in [1.165, 1.54) is 0 Å². The molecule has 0 aliphatic carbocycles. The highest BCUT2D eigenvalue weighted by Crippen LogP contribution is 2.32. The fourth-order valence-electron chi connectivity index (χ4n) is 3.04. The average Bonchev–Trinajstić information content (AvgIpc) is 2.91. The molecule has 0 atom stereocenters. The van der Waals surface area contributed by atoms with Crippen LogP contribution in [0.2, 0.25) is 0 Å². The van der Waals surface area contributed by atoms with Crippen molar-refractivity contribution in [3.8, 4) is 5.69 Å². The second-order valence-corrected chi connectivity index (χ2v) is 6.70. The summed E-state index contributed by atoms with van der Waals surface area (Å²) in [7, 11) is 0. The van der Waals surface area contributed by atoms with Crippen LogP contribution in [-0.2, 0) is 0 Å². The van der Waals surface area contributed by atoms with Crippen molar-refractivity contribution in [2.45, 2.75) is 32.7 Å². The second-order valence-electron chi connectivity index (χ2n) is 6.70. The van der Waals surface area contributed by atoms with Crippen LogP contribution in [0, 0.1) is 6.92 Å². The van der Waals surface area contributed by atoms with E-state index in [9.17, 15) is 4.79 Å². The van der Waals surface area contributed by atoms with Crippen molar-refractivity contribution in [2.75, 3.05) is 11.4 Å². The van der Waals surface area contributed by atoms with E-state index in [0.29, 0.717) is 17.0 Å². The predicted molar refractivity (Wildman–Crippen MR) is 90.3 cm³/mol. The van der Waals surface area contributed by atoms with E-state index >= 15 is 0 Å². The molecule has 1 aliphatic rings. The van der Waals surface area contributed by atoms with Crippen molar-refractivity contribution < 1.29 is 0 Å². The molecule has 1 aromatic carbocycles. The lowest BCUT2D eigenvalue weighted by Gasteiger charge is -2.48. The fraction of sp³-hybridized carbons (Fsp3) is 0.353. The number of para-hydroxylation sites is 1. The molecule has 0 spiro atoms. The Labute approximate surface area is 133 Å². The predicted octanol–water partition coefficient (Wildman–Crippen LogP) is 2.41. The maximum absolute atomic E-state index is 12.4. The van der Waals surface area contributed by atoms with E-state index < -0.39 is 0 Å². The van der Waals surface area contributed by atoms with Gasteiger partial charge >= 0.3 is 0 Å². The fourth-order valence-corrected chi connectivity index (χ4v) is 3.04. The van der Waals surface area contributed by atoms with Gasteiger partial charge < -0.3 is 4.90 Å². The summed E-state index contributed by atoms with van der Waals surface area (Å²) in [5.74, 6) is 0.605. The molecule has 6 nitrogen and oxygen atoms in total. The van der Waals surface area contributed by atoms with Gasteiger partial charge in [-0.1, -0.05) is 18.2 Å². The van der Waals surface area contributed by atoms with Gasteiger partial charge in [0, 0.05) is 18.3 Å². The summed E-state index contributed by atoms with van der Waals surface area (Å²) in [4.78, 5) is 22.0. The lowest BCUT2D eigenvalue weighted by Crippen LogP contribution is -2.57. The van der Waals surface area contributed by atoms with Crippen LogP contribution in [0.5, 0.6) is 0 Å². The first kappa shape index (κ1) is 14.0. The molecule has 23 heavy (non-hydrogen) atoms. The Kier molecular flexibility index (Phi) is 2.85. The molecule has 4 rings (SSSR count). The van der Waals surface area contributed by atoms with E-state index in [1.54, 1.807) is 10.9 Å². The molecule has 3 heterocycles. The van der Waals surface area contributed by atoms with Crippen LogP contribution in [0.3, 0.4) is 0 Å². The monoisotopic (exact) mass is 309 g/mol. The topological polar surface area (TPSA) is 66.8 Å². The molecular weight excluding hydrogens is 290 g/mol. The van der Waals surface area contributed by atoms with Gasteiger partial charge in [-0.15, -0.1) is 5.10 Å². The van der Waals surface area contributed by atoms with Gasteiger partial charge in [-0.3, -0.25) is 9.78 Å². The quantitative estimate of drug-likeness (QED) is 0.789. The smallest absolute Gasteiger partial charge is 0.263 e. The molecule has 0 unspecified atom stereocenters. The van der Waals surface area contributed by atoms with Crippen LogP contribution in [0.1, 0.15) is 25.8 Å². The molecule has 3 aromatic rings. The second kappa shape index (κ2) is 4.68. The van der Waals surface area contributed by atoms with Gasteiger partial charge in [-0.05, 0) is 38.8 Å². The van der Waals surface area contributed by atoms with Crippen LogP contribution in [-0.4, -0.2) is 31.8 Å². The van der Waals surface area contributed by atoms with Crippen molar-refractivity contribution in [3.63, 3.8) is 0 Å². The third kappa shape index (κ3) is 2.13. The highest BCUT2D eigenvalue weighted by Gasteiger charge is 2.37. The number of aromatic amines is 1. The van der Waals surface area contributed by atoms with Gasteiger partial charge in [0.05, 0.1) is 5.69 Å². The molecule has 1 N–H and O–H groups in total. The molecule has 0 radical (unpaired) electrons. The summed E-state index contributed by atoms with van der Waals surface area (Å²) in [6.07, 6.45) is 2.83. The van der Waals surface area contributed by atoms with Crippen LogP contribution in [0.25, 0.3) is 16.7 Å². The molecule has 6 heteroatoms. The van der Waals surface area contributed by atoms with Crippen LogP contribution in [0.4, 0.5) is 5.95 Å². The van der Waals surface area contributed by atoms with Gasteiger partial charge in [0.15, 0.2) is 5.65 Å². The third-order valence-corrected chi connectivity index (χ3v) is 4.67. The number of fused-ring (bicyclic) bond motifs is 1. The number of nitrogens with one attached hydrogen (secondary N) is 1. The summed E-state index contributed by atoms with van der Waals surface area (Å²) >= 11 is 0. The summed E-state index contributed by atoms with van der Waals surface area (Å²) < 4.78 is 1.73. The number of benzene rings is 1. The molecule has 0 amide bonds. The summed E-state index contributed by atoms with van der Waals surface area (Å²) in [5.41, 5.74) is 2.42. The van der Waals surface area contributed by atoms with Gasteiger partial charge in [-0.25, -0.2) is 4.68 Å². The zero-order valence-electron chi connectivity index (χ0n) is 13.5. The molecule has 118 valence electrons. The molecule has 1 fully saturated rings. The normalized spacial score (nSPS) is 16.6. The van der Waals surface area contributed by atoms with Gasteiger partial charge in [-0.2, -0.15) is 4.98 Å². The van der Waals surface area contributed by atoms with Crippen molar-refractivity contribution in [2.24, 2.45) is 0 Å². The lowest BCUT2D eigenvalue weighted by atomic mass is 9.89. The van der Waals surface area contributed by atoms with Crippen LogP contribution >= 0.6 is 0 Å². The Hall–Kier alpha value is -2.63. The van der Waals surface area contributed by atoms with Gasteiger partial charge in [0.25, 0.3) is 5.56 Å². The van der Waals surface area contributed by atoms with Crippen molar-refractivity contribution in [3.05, 3.63) is 46.4 Å². The average molecular weight is 309 g/mol. The first-order valence-electron chi connectivity index (χ1n) is 7.79. The number of aryl methyl sites for hydroxylation is 1. The zero-order valence-corrected chi connectivity index (χ0v) is 13.5. The summed E-state index contributed by atoms with van der Waals surface area (Å²) in [6, 6.07) is 7.94. The minimum atomic E-state index is -0.146. The number of hydrogen-bond donors (Lipinski definition) is 1. The maximum Gasteiger partial charge on any atom is 0.263 e. The number of anilines is 1. The van der Waals surface area contributed by atoms with Crippen LogP contribution in [0.15, 0.2) is 35.3 Å². The maximum atomic E-state index is 12.4. The van der Waals surface area contributed by atoms with Crippen LogP contribution < -0.4 is 10.5 Å². The number of hydrogen-bond acceptors (Lipinski definition) is 4. The Morgan fingerprint density at radius 1 is 1.26 bits per heavy atom. The molecule has 0 saturated carbocycles. The number of rotatable bonds is 2. The minimum Gasteiger partial charge on any atom is -0.337 e. The van der Waals surface area contributed by atoms with E-state index in [2.05, 4.69) is 33.8 Å². The van der Waals surface area contributed by atoms with Crippen molar-refractivity contribution in [1.82, 2.24) is 19.7 Å². The molecular formula is C17H19N5O. The van der Waals surface area contributed by atoms with Crippen molar-refractivity contribution in [1.29, 1.82) is 0 Å². The molecule has 2 aromatic heterocycles.